The van der Waals surface area contributed by atoms with Gasteiger partial charge in [0.2, 0.25) is 0 Å². The minimum absolute atomic E-state index is 0.340. The van der Waals surface area contributed by atoms with Crippen molar-refractivity contribution in [2.45, 2.75) is 0 Å². The second-order valence-corrected chi connectivity index (χ2v) is 5.05. The highest BCUT2D eigenvalue weighted by atomic mass is 16.5. The monoisotopic (exact) mass is 303 g/mol. The molecule has 3 heteroatoms. The van der Waals surface area contributed by atoms with Crippen LogP contribution >= 0.6 is 0 Å². The van der Waals surface area contributed by atoms with Crippen molar-refractivity contribution in [1.29, 1.82) is 0 Å². The molecule has 0 atom stereocenters. The number of carbonyl (C=O) groups is 1. The summed E-state index contributed by atoms with van der Waals surface area (Å²) < 4.78 is 4.82. The van der Waals surface area contributed by atoms with Gasteiger partial charge in [-0.15, -0.1) is 0 Å². The number of nitrogens with zero attached hydrogens (tertiary/aromatic N) is 1. The number of para-hydroxylation sites is 2. The first kappa shape index (κ1) is 14.9. The molecule has 0 radical (unpaired) electrons. The average molecular weight is 303 g/mol. The third-order valence-corrected chi connectivity index (χ3v) is 3.55. The largest absolute Gasteiger partial charge is 0.465 e. The molecule has 0 amide bonds. The van der Waals surface area contributed by atoms with Crippen molar-refractivity contribution in [1.82, 2.24) is 0 Å². The number of anilines is 3. The first-order chi connectivity index (χ1) is 11.3. The van der Waals surface area contributed by atoms with Crippen LogP contribution in [0.1, 0.15) is 10.4 Å². The summed E-state index contributed by atoms with van der Waals surface area (Å²) in [6.07, 6.45) is 0. The number of esters is 1. The van der Waals surface area contributed by atoms with Gasteiger partial charge >= 0.3 is 5.97 Å². The molecule has 0 saturated carbocycles. The molecular weight excluding hydrogens is 286 g/mol. The minimum atomic E-state index is -0.340. The van der Waals surface area contributed by atoms with Gasteiger partial charge in [0, 0.05) is 17.1 Å². The number of ether oxygens (including phenoxy) is 1. The van der Waals surface area contributed by atoms with Crippen molar-refractivity contribution in [3.8, 4) is 0 Å². The summed E-state index contributed by atoms with van der Waals surface area (Å²) in [4.78, 5) is 13.9. The molecule has 0 unspecified atom stereocenters. The van der Waals surface area contributed by atoms with E-state index < -0.39 is 0 Å². The van der Waals surface area contributed by atoms with E-state index in [0.717, 1.165) is 17.1 Å². The van der Waals surface area contributed by atoms with E-state index in [1.54, 1.807) is 6.07 Å². The Bertz CT molecular complexity index is 746. The summed E-state index contributed by atoms with van der Waals surface area (Å²) in [5, 5.41) is 0. The van der Waals surface area contributed by atoms with Crippen LogP contribution < -0.4 is 4.90 Å². The molecular formula is C20H17NO2. The normalized spacial score (nSPS) is 10.1. The Labute approximate surface area is 135 Å². The van der Waals surface area contributed by atoms with Crippen LogP contribution in [0.25, 0.3) is 0 Å². The van der Waals surface area contributed by atoms with Gasteiger partial charge in [0.25, 0.3) is 0 Å². The van der Waals surface area contributed by atoms with Gasteiger partial charge < -0.3 is 9.64 Å². The maximum Gasteiger partial charge on any atom is 0.337 e. The van der Waals surface area contributed by atoms with Crippen molar-refractivity contribution in [3.05, 3.63) is 90.5 Å². The van der Waals surface area contributed by atoms with Gasteiger partial charge in [-0.2, -0.15) is 0 Å². The van der Waals surface area contributed by atoms with Crippen molar-refractivity contribution < 1.29 is 9.53 Å². The molecule has 3 aromatic carbocycles. The van der Waals surface area contributed by atoms with Gasteiger partial charge in [0.05, 0.1) is 12.7 Å². The van der Waals surface area contributed by atoms with E-state index in [1.807, 2.05) is 78.9 Å². The van der Waals surface area contributed by atoms with Gasteiger partial charge in [0.15, 0.2) is 0 Å². The number of rotatable bonds is 4. The fourth-order valence-electron chi connectivity index (χ4n) is 2.49. The lowest BCUT2D eigenvalue weighted by molar-refractivity contribution is 0.0601. The Morgan fingerprint density at radius 3 is 1.78 bits per heavy atom. The van der Waals surface area contributed by atoms with E-state index in [1.165, 1.54) is 7.11 Å². The SMILES string of the molecule is COC(=O)c1cccc(N(c2ccccc2)c2ccccc2)c1. The first-order valence-electron chi connectivity index (χ1n) is 7.38. The van der Waals surface area contributed by atoms with Gasteiger partial charge in [-0.1, -0.05) is 42.5 Å². The summed E-state index contributed by atoms with van der Waals surface area (Å²) in [6.45, 7) is 0. The third-order valence-electron chi connectivity index (χ3n) is 3.55. The Morgan fingerprint density at radius 2 is 1.26 bits per heavy atom. The molecule has 3 nitrogen and oxygen atoms in total. The standard InChI is InChI=1S/C20H17NO2/c1-23-20(22)16-9-8-14-19(15-16)21(17-10-4-2-5-11-17)18-12-6-3-7-13-18/h2-15H,1H3. The molecule has 0 spiro atoms. The van der Waals surface area contributed by atoms with Crippen molar-refractivity contribution in [2.75, 3.05) is 12.0 Å². The average Bonchev–Trinajstić information content (AvgIpc) is 2.63. The molecule has 0 aromatic heterocycles. The van der Waals surface area contributed by atoms with Crippen LogP contribution in [0.15, 0.2) is 84.9 Å². The highest BCUT2D eigenvalue weighted by Crippen LogP contribution is 2.34. The fraction of sp³-hybridized carbons (Fsp3) is 0.0500. The van der Waals surface area contributed by atoms with Crippen molar-refractivity contribution >= 4 is 23.0 Å². The lowest BCUT2D eigenvalue weighted by Gasteiger charge is -2.25. The summed E-state index contributed by atoms with van der Waals surface area (Å²) in [5.74, 6) is -0.340. The minimum Gasteiger partial charge on any atom is -0.465 e. The molecule has 0 saturated heterocycles. The third kappa shape index (κ3) is 3.24. The predicted octanol–water partition coefficient (Wildman–Crippen LogP) is 4.94. The highest BCUT2D eigenvalue weighted by molar-refractivity contribution is 5.91. The molecule has 114 valence electrons. The number of methoxy groups -OCH3 is 1. The molecule has 0 aliphatic heterocycles. The second-order valence-electron chi connectivity index (χ2n) is 5.05. The summed E-state index contributed by atoms with van der Waals surface area (Å²) in [6, 6.07) is 27.5. The van der Waals surface area contributed by atoms with Crippen LogP contribution in [0.5, 0.6) is 0 Å². The molecule has 0 aliphatic carbocycles. The van der Waals surface area contributed by atoms with Crippen LogP contribution in [0.4, 0.5) is 17.1 Å². The van der Waals surface area contributed by atoms with Crippen LogP contribution in [0.2, 0.25) is 0 Å². The number of carbonyl (C=O) groups excluding carboxylic acids is 1. The maximum absolute atomic E-state index is 11.8. The van der Waals surface area contributed by atoms with Gasteiger partial charge in [-0.25, -0.2) is 4.79 Å². The van der Waals surface area contributed by atoms with E-state index >= 15 is 0 Å². The van der Waals surface area contributed by atoms with Gasteiger partial charge in [-0.3, -0.25) is 0 Å². The number of hydrogen-bond donors (Lipinski definition) is 0. The van der Waals surface area contributed by atoms with E-state index in [0.29, 0.717) is 5.56 Å². The van der Waals surface area contributed by atoms with Crippen LogP contribution in [-0.2, 0) is 4.74 Å². The quantitative estimate of drug-likeness (QED) is 0.639. The summed E-state index contributed by atoms with van der Waals surface area (Å²) >= 11 is 0. The van der Waals surface area contributed by atoms with Gasteiger partial charge in [-0.05, 0) is 42.5 Å². The molecule has 0 heterocycles. The van der Waals surface area contributed by atoms with Crippen LogP contribution in [0.3, 0.4) is 0 Å². The van der Waals surface area contributed by atoms with Gasteiger partial charge in [0.1, 0.15) is 0 Å². The lowest BCUT2D eigenvalue weighted by atomic mass is 10.1. The zero-order valence-electron chi connectivity index (χ0n) is 12.8. The topological polar surface area (TPSA) is 29.5 Å². The number of benzene rings is 3. The highest BCUT2D eigenvalue weighted by Gasteiger charge is 2.14. The Balaban J connectivity index is 2.11. The number of hydrogen-bond acceptors (Lipinski definition) is 3. The molecule has 0 fully saturated rings. The van der Waals surface area contributed by atoms with Crippen molar-refractivity contribution in [2.24, 2.45) is 0 Å². The Hall–Kier alpha value is -3.07. The molecule has 0 N–H and O–H groups in total. The van der Waals surface area contributed by atoms with Crippen LogP contribution in [0, 0.1) is 0 Å². The zero-order valence-corrected chi connectivity index (χ0v) is 12.8. The lowest BCUT2D eigenvalue weighted by Crippen LogP contribution is -2.11. The second kappa shape index (κ2) is 6.79. The smallest absolute Gasteiger partial charge is 0.337 e. The first-order valence-corrected chi connectivity index (χ1v) is 7.38. The van der Waals surface area contributed by atoms with E-state index in [4.69, 9.17) is 4.74 Å². The van der Waals surface area contributed by atoms with Crippen LogP contribution in [-0.4, -0.2) is 13.1 Å². The summed E-state index contributed by atoms with van der Waals surface area (Å²) in [5.41, 5.74) is 3.49. The molecule has 0 bridgehead atoms. The predicted molar refractivity (Wildman–Crippen MR) is 92.5 cm³/mol. The molecule has 3 rings (SSSR count). The zero-order chi connectivity index (χ0) is 16.1. The molecule has 3 aromatic rings. The molecule has 0 aliphatic rings. The van der Waals surface area contributed by atoms with E-state index in [2.05, 4.69) is 4.90 Å². The maximum atomic E-state index is 11.8. The fourth-order valence-corrected chi connectivity index (χ4v) is 2.49. The van der Waals surface area contributed by atoms with Crippen molar-refractivity contribution in [3.63, 3.8) is 0 Å². The Morgan fingerprint density at radius 1 is 0.739 bits per heavy atom. The Kier molecular flexibility index (Phi) is 4.39. The van der Waals surface area contributed by atoms with E-state index in [9.17, 15) is 4.79 Å². The molecule has 23 heavy (non-hydrogen) atoms. The van der Waals surface area contributed by atoms with E-state index in [-0.39, 0.29) is 5.97 Å². The summed E-state index contributed by atoms with van der Waals surface area (Å²) in [7, 11) is 1.39.